The largest absolute Gasteiger partial charge is 0.491 e. The van der Waals surface area contributed by atoms with Crippen molar-refractivity contribution < 1.29 is 14.3 Å². The minimum Gasteiger partial charge on any atom is -0.491 e. The number of ether oxygens (including phenoxy) is 2. The Morgan fingerprint density at radius 1 is 1.35 bits per heavy atom. The van der Waals surface area contributed by atoms with Gasteiger partial charge in [0.25, 0.3) is 0 Å². The lowest BCUT2D eigenvalue weighted by molar-refractivity contribution is -0.143. The van der Waals surface area contributed by atoms with E-state index in [1.54, 1.807) is 0 Å². The van der Waals surface area contributed by atoms with Crippen LogP contribution < -0.4 is 15.8 Å². The lowest BCUT2D eigenvalue weighted by atomic mass is 10.2. The number of anilines is 2. The average Bonchev–Trinajstić information content (AvgIpc) is 2.44. The van der Waals surface area contributed by atoms with Crippen LogP contribution in [0, 0.1) is 0 Å². The fourth-order valence-corrected chi connectivity index (χ4v) is 1.68. The summed E-state index contributed by atoms with van der Waals surface area (Å²) in [6.45, 7) is 5.64. The van der Waals surface area contributed by atoms with Crippen molar-refractivity contribution in [2.24, 2.45) is 0 Å². The third-order valence-electron chi connectivity index (χ3n) is 2.67. The molecule has 0 fully saturated rings. The van der Waals surface area contributed by atoms with E-state index < -0.39 is 0 Å². The van der Waals surface area contributed by atoms with E-state index in [0.29, 0.717) is 37.6 Å². The van der Waals surface area contributed by atoms with Crippen molar-refractivity contribution >= 4 is 17.3 Å². The molecule has 0 bridgehead atoms. The molecule has 0 atom stereocenters. The molecule has 3 N–H and O–H groups in total. The molecular weight excluding hydrogens is 256 g/mol. The molecule has 5 nitrogen and oxygen atoms in total. The van der Waals surface area contributed by atoms with Crippen LogP contribution in [0.2, 0.25) is 0 Å². The first-order valence-corrected chi connectivity index (χ1v) is 7.09. The number of hydrogen-bond donors (Lipinski definition) is 2. The standard InChI is InChI=1S/C15H24N2O3/c1-3-10-20-14-11-12(7-8-13(14)16)17-9-5-6-15(18)19-4-2/h7-8,11,17H,3-6,9-10,16H2,1-2H3. The number of carbonyl (C=O) groups excluding carboxylic acids is 1. The van der Waals surface area contributed by atoms with Crippen LogP contribution in [0.3, 0.4) is 0 Å². The van der Waals surface area contributed by atoms with Crippen molar-refractivity contribution in [3.8, 4) is 5.75 Å². The second-order valence-electron chi connectivity index (χ2n) is 4.44. The zero-order valence-corrected chi connectivity index (χ0v) is 12.3. The molecule has 0 saturated heterocycles. The number of nitrogen functional groups attached to an aromatic ring is 1. The van der Waals surface area contributed by atoms with E-state index in [2.05, 4.69) is 5.32 Å². The Hall–Kier alpha value is -1.91. The normalized spacial score (nSPS) is 10.1. The SMILES string of the molecule is CCCOc1cc(NCCCC(=O)OCC)ccc1N. The van der Waals surface area contributed by atoms with Crippen LogP contribution in [0.25, 0.3) is 0 Å². The summed E-state index contributed by atoms with van der Waals surface area (Å²) < 4.78 is 10.4. The molecule has 0 spiro atoms. The molecule has 0 radical (unpaired) electrons. The van der Waals surface area contributed by atoms with Gasteiger partial charge in [0, 0.05) is 24.7 Å². The van der Waals surface area contributed by atoms with Gasteiger partial charge in [0.05, 0.1) is 18.9 Å². The van der Waals surface area contributed by atoms with Crippen LogP contribution in [-0.4, -0.2) is 25.7 Å². The van der Waals surface area contributed by atoms with Crippen LogP contribution in [0.4, 0.5) is 11.4 Å². The summed E-state index contributed by atoms with van der Waals surface area (Å²) in [6.07, 6.45) is 2.10. The average molecular weight is 280 g/mol. The summed E-state index contributed by atoms with van der Waals surface area (Å²) in [5.74, 6) is 0.542. The fraction of sp³-hybridized carbons (Fsp3) is 0.533. The Balaban J connectivity index is 2.38. The maximum Gasteiger partial charge on any atom is 0.305 e. The molecule has 0 unspecified atom stereocenters. The van der Waals surface area contributed by atoms with Gasteiger partial charge in [0.1, 0.15) is 5.75 Å². The molecule has 0 aliphatic carbocycles. The van der Waals surface area contributed by atoms with Crippen LogP contribution in [-0.2, 0) is 9.53 Å². The van der Waals surface area contributed by atoms with Crippen LogP contribution in [0.1, 0.15) is 33.1 Å². The third-order valence-corrected chi connectivity index (χ3v) is 2.67. The molecule has 1 aromatic carbocycles. The van der Waals surface area contributed by atoms with Gasteiger partial charge in [-0.3, -0.25) is 4.79 Å². The zero-order chi connectivity index (χ0) is 14.8. The minimum atomic E-state index is -0.154. The van der Waals surface area contributed by atoms with Gasteiger partial charge in [0.15, 0.2) is 0 Å². The van der Waals surface area contributed by atoms with Gasteiger partial charge >= 0.3 is 5.97 Å². The van der Waals surface area contributed by atoms with E-state index in [-0.39, 0.29) is 5.97 Å². The van der Waals surface area contributed by atoms with Gasteiger partial charge in [-0.05, 0) is 31.9 Å². The summed E-state index contributed by atoms with van der Waals surface area (Å²) in [4.78, 5) is 11.2. The maximum atomic E-state index is 11.2. The van der Waals surface area contributed by atoms with Crippen molar-refractivity contribution in [3.05, 3.63) is 18.2 Å². The van der Waals surface area contributed by atoms with Gasteiger partial charge in [-0.2, -0.15) is 0 Å². The van der Waals surface area contributed by atoms with E-state index in [1.165, 1.54) is 0 Å². The Morgan fingerprint density at radius 2 is 2.15 bits per heavy atom. The second-order valence-corrected chi connectivity index (χ2v) is 4.44. The van der Waals surface area contributed by atoms with Crippen LogP contribution in [0.15, 0.2) is 18.2 Å². The van der Waals surface area contributed by atoms with Gasteiger partial charge < -0.3 is 20.5 Å². The molecule has 1 aromatic rings. The summed E-state index contributed by atoms with van der Waals surface area (Å²) in [5.41, 5.74) is 7.42. The number of nitrogens with one attached hydrogen (secondary N) is 1. The molecule has 112 valence electrons. The molecular formula is C15H24N2O3. The quantitative estimate of drug-likeness (QED) is 0.413. The van der Waals surface area contributed by atoms with Gasteiger partial charge in [0.2, 0.25) is 0 Å². The van der Waals surface area contributed by atoms with Crippen molar-refractivity contribution in [2.45, 2.75) is 33.1 Å². The van der Waals surface area contributed by atoms with E-state index >= 15 is 0 Å². The van der Waals surface area contributed by atoms with Crippen LogP contribution in [0.5, 0.6) is 5.75 Å². The molecule has 1 rings (SSSR count). The van der Waals surface area contributed by atoms with Crippen molar-refractivity contribution in [3.63, 3.8) is 0 Å². The molecule has 0 saturated carbocycles. The minimum absolute atomic E-state index is 0.154. The highest BCUT2D eigenvalue weighted by Crippen LogP contribution is 2.25. The smallest absolute Gasteiger partial charge is 0.305 e. The number of carbonyl (C=O) groups is 1. The lowest BCUT2D eigenvalue weighted by Crippen LogP contribution is -2.08. The number of rotatable bonds is 9. The fourth-order valence-electron chi connectivity index (χ4n) is 1.68. The van der Waals surface area contributed by atoms with Gasteiger partial charge in [-0.1, -0.05) is 6.92 Å². The van der Waals surface area contributed by atoms with Crippen molar-refractivity contribution in [1.82, 2.24) is 0 Å². The highest BCUT2D eigenvalue weighted by atomic mass is 16.5. The molecule has 0 aliphatic rings. The highest BCUT2D eigenvalue weighted by Gasteiger charge is 2.03. The van der Waals surface area contributed by atoms with E-state index in [4.69, 9.17) is 15.2 Å². The Kier molecular flexibility index (Phi) is 7.32. The van der Waals surface area contributed by atoms with Crippen molar-refractivity contribution in [2.75, 3.05) is 30.8 Å². The van der Waals surface area contributed by atoms with Gasteiger partial charge in [-0.25, -0.2) is 0 Å². The number of hydrogen-bond acceptors (Lipinski definition) is 5. The summed E-state index contributed by atoms with van der Waals surface area (Å²) in [6, 6.07) is 5.60. The maximum absolute atomic E-state index is 11.2. The predicted octanol–water partition coefficient (Wildman–Crippen LogP) is 2.81. The molecule has 0 aliphatic heterocycles. The topological polar surface area (TPSA) is 73.6 Å². The van der Waals surface area contributed by atoms with E-state index in [9.17, 15) is 4.79 Å². The molecule has 20 heavy (non-hydrogen) atoms. The van der Waals surface area contributed by atoms with Crippen molar-refractivity contribution in [1.29, 1.82) is 0 Å². The van der Waals surface area contributed by atoms with E-state index in [0.717, 1.165) is 18.5 Å². The highest BCUT2D eigenvalue weighted by molar-refractivity contribution is 5.69. The summed E-state index contributed by atoms with van der Waals surface area (Å²) in [7, 11) is 0. The summed E-state index contributed by atoms with van der Waals surface area (Å²) in [5, 5.41) is 3.24. The predicted molar refractivity (Wildman–Crippen MR) is 81.0 cm³/mol. The molecule has 0 heterocycles. The number of nitrogens with two attached hydrogens (primary N) is 1. The first-order chi connectivity index (χ1) is 9.67. The molecule has 0 amide bonds. The molecule has 0 aromatic heterocycles. The van der Waals surface area contributed by atoms with Gasteiger partial charge in [-0.15, -0.1) is 0 Å². The Labute approximate surface area is 120 Å². The summed E-state index contributed by atoms with van der Waals surface area (Å²) >= 11 is 0. The lowest BCUT2D eigenvalue weighted by Gasteiger charge is -2.11. The Bertz CT molecular complexity index is 422. The molecule has 5 heteroatoms. The third kappa shape index (κ3) is 5.82. The monoisotopic (exact) mass is 280 g/mol. The first kappa shape index (κ1) is 16.1. The van der Waals surface area contributed by atoms with E-state index in [1.807, 2.05) is 32.0 Å². The zero-order valence-electron chi connectivity index (χ0n) is 12.3. The number of benzene rings is 1. The second kappa shape index (κ2) is 9.07. The number of esters is 1. The van der Waals surface area contributed by atoms with Crippen LogP contribution >= 0.6 is 0 Å². The first-order valence-electron chi connectivity index (χ1n) is 7.09. The Morgan fingerprint density at radius 3 is 2.85 bits per heavy atom.